The highest BCUT2D eigenvalue weighted by Crippen LogP contribution is 2.32. The van der Waals surface area contributed by atoms with Gasteiger partial charge in [-0.1, -0.05) is 35.9 Å². The molecule has 0 aliphatic carbocycles. The molecule has 3 heterocycles. The number of fused-ring (bicyclic) bond motifs is 2. The largest absolute Gasteiger partial charge is 0.506 e. The minimum Gasteiger partial charge on any atom is -0.506 e. The Hall–Kier alpha value is -3.54. The number of halogens is 1. The van der Waals surface area contributed by atoms with Gasteiger partial charge in [0.15, 0.2) is 10.3 Å². The summed E-state index contributed by atoms with van der Waals surface area (Å²) in [6.45, 7) is 0. The topological polar surface area (TPSA) is 126 Å². The van der Waals surface area contributed by atoms with E-state index in [2.05, 4.69) is 19.8 Å². The number of nitrogens with zero attached hydrogens (tertiary/aromatic N) is 4. The molecule has 12 heteroatoms. The Morgan fingerprint density at radius 3 is 2.69 bits per heavy atom. The Kier molecular flexibility index (Phi) is 4.81. The summed E-state index contributed by atoms with van der Waals surface area (Å²) >= 11 is 7.02. The van der Waals surface area contributed by atoms with E-state index in [1.807, 2.05) is 0 Å². The molecule has 1 aliphatic heterocycles. The van der Waals surface area contributed by atoms with Gasteiger partial charge in [0.1, 0.15) is 16.2 Å². The van der Waals surface area contributed by atoms with E-state index in [9.17, 15) is 18.3 Å². The first-order chi connectivity index (χ1) is 15.3. The first kappa shape index (κ1) is 20.4. The molecule has 5 rings (SSSR count). The quantitative estimate of drug-likeness (QED) is 0.429. The number of pyridine rings is 1. The number of nitrogens with one attached hydrogen (secondary N) is 1. The Morgan fingerprint density at radius 1 is 1.16 bits per heavy atom. The van der Waals surface area contributed by atoms with Crippen LogP contribution in [0.2, 0.25) is 4.47 Å². The van der Waals surface area contributed by atoms with Gasteiger partial charge in [0, 0.05) is 11.6 Å². The monoisotopic (exact) mass is 485 g/mol. The SMILES string of the molecule is O=c1c(C2=NS(=O)(=O)c3ccccc3N2)c(O)c2ccccc2n1/N=C/c1cnc(Cl)s1. The molecule has 2 aromatic heterocycles. The maximum Gasteiger partial charge on any atom is 0.286 e. The molecule has 0 saturated carbocycles. The lowest BCUT2D eigenvalue weighted by Crippen LogP contribution is -2.31. The smallest absolute Gasteiger partial charge is 0.286 e. The molecule has 0 amide bonds. The molecule has 0 radical (unpaired) electrons. The maximum absolute atomic E-state index is 13.4. The van der Waals surface area contributed by atoms with Crippen LogP contribution in [0.1, 0.15) is 10.4 Å². The van der Waals surface area contributed by atoms with E-state index in [1.165, 1.54) is 29.8 Å². The fourth-order valence-electron chi connectivity index (χ4n) is 3.30. The predicted octanol–water partition coefficient (Wildman–Crippen LogP) is 3.26. The minimum atomic E-state index is -4.09. The van der Waals surface area contributed by atoms with Crippen molar-refractivity contribution in [1.29, 1.82) is 0 Å². The van der Waals surface area contributed by atoms with Crippen molar-refractivity contribution in [3.8, 4) is 5.75 Å². The molecule has 0 unspecified atom stereocenters. The van der Waals surface area contributed by atoms with Crippen LogP contribution in [0.5, 0.6) is 5.75 Å². The van der Waals surface area contributed by atoms with E-state index >= 15 is 0 Å². The second kappa shape index (κ2) is 7.55. The molecular weight excluding hydrogens is 474 g/mol. The van der Waals surface area contributed by atoms with Crippen LogP contribution in [0.15, 0.2) is 73.9 Å². The summed E-state index contributed by atoms with van der Waals surface area (Å²) in [6, 6.07) is 12.7. The van der Waals surface area contributed by atoms with Crippen molar-refractivity contribution in [2.75, 3.05) is 5.32 Å². The van der Waals surface area contributed by atoms with Crippen LogP contribution >= 0.6 is 22.9 Å². The van der Waals surface area contributed by atoms with Crippen molar-refractivity contribution in [2.45, 2.75) is 4.90 Å². The van der Waals surface area contributed by atoms with Gasteiger partial charge >= 0.3 is 0 Å². The third-order valence-corrected chi connectivity index (χ3v) is 7.08. The minimum absolute atomic E-state index is 0.0237. The zero-order valence-electron chi connectivity index (χ0n) is 15.9. The Morgan fingerprint density at radius 2 is 1.91 bits per heavy atom. The molecule has 4 aromatic rings. The van der Waals surface area contributed by atoms with Crippen LogP contribution in [-0.4, -0.2) is 35.2 Å². The predicted molar refractivity (Wildman–Crippen MR) is 124 cm³/mol. The third kappa shape index (κ3) is 3.36. The first-order valence-corrected chi connectivity index (χ1v) is 11.7. The third-order valence-electron chi connectivity index (χ3n) is 4.69. The number of aromatic hydroxyl groups is 1. The molecular formula is C20H12ClN5O4S2. The molecule has 0 spiro atoms. The van der Waals surface area contributed by atoms with Gasteiger partial charge in [0.2, 0.25) is 0 Å². The van der Waals surface area contributed by atoms with Crippen molar-refractivity contribution in [3.63, 3.8) is 0 Å². The number of thiazole rings is 1. The average molecular weight is 486 g/mol. The van der Waals surface area contributed by atoms with Crippen LogP contribution in [0.25, 0.3) is 10.9 Å². The van der Waals surface area contributed by atoms with Gasteiger partial charge in [0.25, 0.3) is 15.6 Å². The summed E-state index contributed by atoms with van der Waals surface area (Å²) in [5.41, 5.74) is -0.501. The Bertz CT molecular complexity index is 1620. The number of anilines is 1. The highest BCUT2D eigenvalue weighted by atomic mass is 35.5. The van der Waals surface area contributed by atoms with Crippen molar-refractivity contribution in [3.05, 3.63) is 80.0 Å². The van der Waals surface area contributed by atoms with Crippen LogP contribution in [0, 0.1) is 0 Å². The van der Waals surface area contributed by atoms with Gasteiger partial charge < -0.3 is 10.4 Å². The molecule has 32 heavy (non-hydrogen) atoms. The van der Waals surface area contributed by atoms with Crippen LogP contribution in [0.3, 0.4) is 0 Å². The number of amidine groups is 1. The maximum atomic E-state index is 13.4. The van der Waals surface area contributed by atoms with E-state index in [4.69, 9.17) is 11.6 Å². The lowest BCUT2D eigenvalue weighted by atomic mass is 10.1. The number of benzene rings is 2. The molecule has 2 N–H and O–H groups in total. The van der Waals surface area contributed by atoms with Gasteiger partial charge in [-0.05, 0) is 24.3 Å². The van der Waals surface area contributed by atoms with Gasteiger partial charge in [-0.3, -0.25) is 4.79 Å². The number of sulfonamides is 1. The summed E-state index contributed by atoms with van der Waals surface area (Å²) in [7, 11) is -4.09. The molecule has 0 bridgehead atoms. The highest BCUT2D eigenvalue weighted by molar-refractivity contribution is 7.90. The van der Waals surface area contributed by atoms with E-state index in [0.29, 0.717) is 20.2 Å². The summed E-state index contributed by atoms with van der Waals surface area (Å²) in [6.07, 6.45) is 2.90. The normalized spacial score (nSPS) is 14.8. The zero-order chi connectivity index (χ0) is 22.5. The number of hydrogen-bond acceptors (Lipinski definition) is 8. The zero-order valence-corrected chi connectivity index (χ0v) is 18.3. The summed E-state index contributed by atoms with van der Waals surface area (Å²) in [5, 5.41) is 18.3. The molecule has 9 nitrogen and oxygen atoms in total. The van der Waals surface area contributed by atoms with E-state index in [1.54, 1.807) is 42.5 Å². The van der Waals surface area contributed by atoms with E-state index < -0.39 is 21.3 Å². The van der Waals surface area contributed by atoms with Gasteiger partial charge in [-0.15, -0.1) is 15.7 Å². The number of aromatic nitrogens is 2. The van der Waals surface area contributed by atoms with Crippen LogP contribution < -0.4 is 10.9 Å². The number of para-hydroxylation sites is 2. The Labute approximate surface area is 190 Å². The van der Waals surface area contributed by atoms with E-state index in [-0.39, 0.29) is 22.0 Å². The molecule has 1 aliphatic rings. The molecule has 0 saturated heterocycles. The summed E-state index contributed by atoms with van der Waals surface area (Å²) in [4.78, 5) is 17.9. The average Bonchev–Trinajstić information content (AvgIpc) is 3.18. The summed E-state index contributed by atoms with van der Waals surface area (Å²) in [5.74, 6) is -0.694. The lowest BCUT2D eigenvalue weighted by Gasteiger charge is -2.19. The second-order valence-corrected chi connectivity index (χ2v) is 9.87. The van der Waals surface area contributed by atoms with Crippen LogP contribution in [0.4, 0.5) is 5.69 Å². The lowest BCUT2D eigenvalue weighted by molar-refractivity contribution is 0.478. The summed E-state index contributed by atoms with van der Waals surface area (Å²) < 4.78 is 30.5. The van der Waals surface area contributed by atoms with E-state index in [0.717, 1.165) is 4.68 Å². The highest BCUT2D eigenvalue weighted by Gasteiger charge is 2.29. The first-order valence-electron chi connectivity index (χ1n) is 9.09. The van der Waals surface area contributed by atoms with Crippen molar-refractivity contribution in [2.24, 2.45) is 9.50 Å². The van der Waals surface area contributed by atoms with Crippen molar-refractivity contribution in [1.82, 2.24) is 9.66 Å². The standard InChI is InChI=1S/C20H12ClN5O4S2/c21-20-22-9-11(31-20)10-23-26-14-7-3-1-5-12(14)17(27)16(19(26)28)18-24-13-6-2-4-8-15(13)32(29,30)25-18/h1-10,27H,(H,24,25)/b23-10+. The molecule has 2 aromatic carbocycles. The fraction of sp³-hybridized carbons (Fsp3) is 0. The Balaban J connectivity index is 1.76. The van der Waals surface area contributed by atoms with Crippen molar-refractivity contribution < 1.29 is 13.5 Å². The second-order valence-electron chi connectivity index (χ2n) is 6.65. The van der Waals surface area contributed by atoms with Gasteiger partial charge in [-0.25, -0.2) is 4.98 Å². The number of hydrogen-bond donors (Lipinski definition) is 2. The molecule has 0 atom stereocenters. The fourth-order valence-corrected chi connectivity index (χ4v) is 5.24. The molecule has 0 fully saturated rings. The van der Waals surface area contributed by atoms with Crippen molar-refractivity contribution >= 4 is 61.6 Å². The van der Waals surface area contributed by atoms with Gasteiger partial charge in [-0.2, -0.15) is 18.2 Å². The molecule has 160 valence electrons. The number of rotatable bonds is 3. The van der Waals surface area contributed by atoms with Gasteiger partial charge in [0.05, 0.1) is 22.3 Å². The van der Waals surface area contributed by atoms with Crippen LogP contribution in [-0.2, 0) is 10.0 Å².